The molecule has 1 aliphatic heterocycles. The van der Waals surface area contributed by atoms with Gasteiger partial charge < -0.3 is 15.4 Å². The first-order valence-corrected chi connectivity index (χ1v) is 9.31. The van der Waals surface area contributed by atoms with E-state index in [0.29, 0.717) is 35.2 Å². The van der Waals surface area contributed by atoms with Gasteiger partial charge in [0.05, 0.1) is 18.0 Å². The third-order valence-electron chi connectivity index (χ3n) is 4.93. The standard InChI is InChI=1S/C20H27N5O/c1-3-14-6-5-9-25(12-14)19-11-18(23-13-24-19)20(22)16-10-15(26-4-2)7-8-17(16)21/h7-8,10-11,13-14,22H,3-6,9,12,21H2,1-2H3. The topological polar surface area (TPSA) is 88.1 Å². The average Bonchev–Trinajstić information content (AvgIpc) is 2.69. The Bertz CT molecular complexity index is 777. The van der Waals surface area contributed by atoms with Crippen molar-refractivity contribution in [2.75, 3.05) is 30.3 Å². The van der Waals surface area contributed by atoms with E-state index in [4.69, 9.17) is 15.9 Å². The normalized spacial score (nSPS) is 17.2. The second-order valence-corrected chi connectivity index (χ2v) is 6.68. The molecular weight excluding hydrogens is 326 g/mol. The summed E-state index contributed by atoms with van der Waals surface area (Å²) < 4.78 is 5.54. The largest absolute Gasteiger partial charge is 0.494 e. The van der Waals surface area contributed by atoms with Gasteiger partial charge in [0.2, 0.25) is 0 Å². The highest BCUT2D eigenvalue weighted by molar-refractivity contribution is 6.13. The number of anilines is 2. The zero-order valence-electron chi connectivity index (χ0n) is 15.5. The van der Waals surface area contributed by atoms with Gasteiger partial charge in [-0.15, -0.1) is 0 Å². The fourth-order valence-electron chi connectivity index (χ4n) is 3.41. The van der Waals surface area contributed by atoms with Crippen LogP contribution < -0.4 is 15.4 Å². The molecule has 2 heterocycles. The van der Waals surface area contributed by atoms with Crippen LogP contribution in [0.3, 0.4) is 0 Å². The highest BCUT2D eigenvalue weighted by Crippen LogP contribution is 2.26. The summed E-state index contributed by atoms with van der Waals surface area (Å²) in [5.74, 6) is 2.30. The van der Waals surface area contributed by atoms with Crippen molar-refractivity contribution in [1.82, 2.24) is 9.97 Å². The van der Waals surface area contributed by atoms with E-state index >= 15 is 0 Å². The first-order chi connectivity index (χ1) is 12.6. The highest BCUT2D eigenvalue weighted by atomic mass is 16.5. The smallest absolute Gasteiger partial charge is 0.132 e. The van der Waals surface area contributed by atoms with Crippen molar-refractivity contribution >= 4 is 17.2 Å². The zero-order valence-corrected chi connectivity index (χ0v) is 15.5. The third-order valence-corrected chi connectivity index (χ3v) is 4.93. The molecule has 0 aliphatic carbocycles. The summed E-state index contributed by atoms with van der Waals surface area (Å²) in [6.45, 7) is 6.76. The lowest BCUT2D eigenvalue weighted by Crippen LogP contribution is -2.35. The Labute approximate surface area is 154 Å². The first-order valence-electron chi connectivity index (χ1n) is 9.31. The number of nitrogens with one attached hydrogen (secondary N) is 1. The molecule has 1 aliphatic rings. The average molecular weight is 353 g/mol. The molecule has 1 aromatic carbocycles. The van der Waals surface area contributed by atoms with Gasteiger partial charge in [-0.25, -0.2) is 9.97 Å². The summed E-state index contributed by atoms with van der Waals surface area (Å²) in [5.41, 5.74) is 8.13. The van der Waals surface area contributed by atoms with Gasteiger partial charge in [-0.05, 0) is 43.9 Å². The Kier molecular flexibility index (Phi) is 5.71. The number of nitrogens with zero attached hydrogens (tertiary/aromatic N) is 3. The molecule has 3 N–H and O–H groups in total. The Morgan fingerprint density at radius 1 is 1.31 bits per heavy atom. The third kappa shape index (κ3) is 3.95. The monoisotopic (exact) mass is 353 g/mol. The van der Waals surface area contributed by atoms with E-state index in [9.17, 15) is 0 Å². The summed E-state index contributed by atoms with van der Waals surface area (Å²) in [4.78, 5) is 11.0. The Hall–Kier alpha value is -2.63. The second kappa shape index (κ2) is 8.17. The van der Waals surface area contributed by atoms with Crippen LogP contribution in [0.5, 0.6) is 5.75 Å². The maximum atomic E-state index is 8.58. The molecule has 1 aromatic heterocycles. The number of rotatable bonds is 6. The van der Waals surface area contributed by atoms with E-state index in [2.05, 4.69) is 21.8 Å². The van der Waals surface area contributed by atoms with Crippen LogP contribution >= 0.6 is 0 Å². The number of nitrogens with two attached hydrogens (primary N) is 1. The maximum Gasteiger partial charge on any atom is 0.132 e. The van der Waals surface area contributed by atoms with Gasteiger partial charge in [0.15, 0.2) is 0 Å². The predicted octanol–water partition coefficient (Wildman–Crippen LogP) is 3.50. The molecule has 26 heavy (non-hydrogen) atoms. The van der Waals surface area contributed by atoms with Crippen LogP contribution in [-0.2, 0) is 0 Å². The molecule has 0 radical (unpaired) electrons. The lowest BCUT2D eigenvalue weighted by Gasteiger charge is -2.33. The lowest BCUT2D eigenvalue weighted by atomic mass is 9.95. The number of hydrogen-bond donors (Lipinski definition) is 2. The van der Waals surface area contributed by atoms with Crippen molar-refractivity contribution < 1.29 is 4.74 Å². The van der Waals surface area contributed by atoms with E-state index in [1.165, 1.54) is 25.6 Å². The van der Waals surface area contributed by atoms with Crippen LogP contribution in [0.4, 0.5) is 11.5 Å². The summed E-state index contributed by atoms with van der Waals surface area (Å²) in [5, 5.41) is 8.58. The van der Waals surface area contributed by atoms with Crippen molar-refractivity contribution in [1.29, 1.82) is 5.41 Å². The van der Waals surface area contributed by atoms with Crippen LogP contribution in [0.1, 0.15) is 44.4 Å². The minimum absolute atomic E-state index is 0.289. The predicted molar refractivity (Wildman–Crippen MR) is 105 cm³/mol. The van der Waals surface area contributed by atoms with Crippen molar-refractivity contribution in [3.8, 4) is 5.75 Å². The van der Waals surface area contributed by atoms with Gasteiger partial charge in [-0.2, -0.15) is 0 Å². The van der Waals surface area contributed by atoms with E-state index in [0.717, 1.165) is 18.9 Å². The Balaban J connectivity index is 1.86. The molecule has 1 atom stereocenters. The van der Waals surface area contributed by atoms with Crippen LogP contribution in [0.2, 0.25) is 0 Å². The van der Waals surface area contributed by atoms with Gasteiger partial charge in [-0.1, -0.05) is 13.3 Å². The SMILES string of the molecule is CCOc1ccc(N)c(C(=N)c2cc(N3CCCC(CC)C3)ncn2)c1. The van der Waals surface area contributed by atoms with E-state index in [-0.39, 0.29) is 5.71 Å². The van der Waals surface area contributed by atoms with Crippen LogP contribution in [0.15, 0.2) is 30.6 Å². The number of piperidine rings is 1. The lowest BCUT2D eigenvalue weighted by molar-refractivity contribution is 0.340. The van der Waals surface area contributed by atoms with Crippen molar-refractivity contribution in [3.05, 3.63) is 41.9 Å². The van der Waals surface area contributed by atoms with Gasteiger partial charge in [0.25, 0.3) is 0 Å². The van der Waals surface area contributed by atoms with Crippen molar-refractivity contribution in [2.45, 2.75) is 33.1 Å². The highest BCUT2D eigenvalue weighted by Gasteiger charge is 2.21. The van der Waals surface area contributed by atoms with Gasteiger partial charge in [0.1, 0.15) is 17.9 Å². The summed E-state index contributed by atoms with van der Waals surface area (Å²) in [7, 11) is 0. The molecule has 1 fully saturated rings. The number of hydrogen-bond acceptors (Lipinski definition) is 6. The van der Waals surface area contributed by atoms with E-state index in [1.54, 1.807) is 12.1 Å². The maximum absolute atomic E-state index is 8.58. The number of aromatic nitrogens is 2. The molecule has 138 valence electrons. The molecule has 2 aromatic rings. The summed E-state index contributed by atoms with van der Waals surface area (Å²) in [6.07, 6.45) is 5.18. The first kappa shape index (κ1) is 18.2. The molecule has 1 unspecified atom stereocenters. The summed E-state index contributed by atoms with van der Waals surface area (Å²) in [6, 6.07) is 7.29. The fourth-order valence-corrected chi connectivity index (χ4v) is 3.41. The van der Waals surface area contributed by atoms with Crippen molar-refractivity contribution in [3.63, 3.8) is 0 Å². The van der Waals surface area contributed by atoms with Crippen molar-refractivity contribution in [2.24, 2.45) is 5.92 Å². The zero-order chi connectivity index (χ0) is 18.5. The number of benzene rings is 1. The molecule has 3 rings (SSSR count). The van der Waals surface area contributed by atoms with Gasteiger partial charge in [0, 0.05) is 30.4 Å². The minimum Gasteiger partial charge on any atom is -0.494 e. The van der Waals surface area contributed by atoms with E-state index < -0.39 is 0 Å². The fraction of sp³-hybridized carbons (Fsp3) is 0.450. The quantitative estimate of drug-likeness (QED) is 0.613. The number of ether oxygens (including phenoxy) is 1. The molecule has 0 spiro atoms. The molecule has 1 saturated heterocycles. The molecule has 6 heteroatoms. The van der Waals surface area contributed by atoms with E-state index in [1.807, 2.05) is 19.1 Å². The van der Waals surface area contributed by atoms with Gasteiger partial charge >= 0.3 is 0 Å². The summed E-state index contributed by atoms with van der Waals surface area (Å²) >= 11 is 0. The minimum atomic E-state index is 0.289. The molecule has 6 nitrogen and oxygen atoms in total. The molecule has 0 amide bonds. The molecular formula is C20H27N5O. The Morgan fingerprint density at radius 3 is 2.92 bits per heavy atom. The molecule has 0 bridgehead atoms. The van der Waals surface area contributed by atoms with Crippen LogP contribution in [-0.4, -0.2) is 35.4 Å². The second-order valence-electron chi connectivity index (χ2n) is 6.68. The van der Waals surface area contributed by atoms with Crippen LogP contribution in [0.25, 0.3) is 0 Å². The van der Waals surface area contributed by atoms with Crippen LogP contribution in [0, 0.1) is 11.3 Å². The molecule has 0 saturated carbocycles. The Morgan fingerprint density at radius 2 is 2.15 bits per heavy atom. The van der Waals surface area contributed by atoms with Gasteiger partial charge in [-0.3, -0.25) is 5.41 Å². The number of nitrogen functional groups attached to an aromatic ring is 1.